The highest BCUT2D eigenvalue weighted by Crippen LogP contribution is 2.21. The first-order chi connectivity index (χ1) is 17.0. The predicted molar refractivity (Wildman–Crippen MR) is 138 cm³/mol. The van der Waals surface area contributed by atoms with Crippen molar-refractivity contribution in [3.8, 4) is 0 Å². The lowest BCUT2D eigenvalue weighted by molar-refractivity contribution is -0.118. The van der Waals surface area contributed by atoms with Gasteiger partial charge in [-0.1, -0.05) is 72.8 Å². The molecule has 0 saturated heterocycles. The summed E-state index contributed by atoms with van der Waals surface area (Å²) in [5, 5.41) is 2.10. The molecule has 0 aliphatic carbocycles. The number of fused-ring (bicyclic) bond motifs is 1. The first-order valence-corrected chi connectivity index (χ1v) is 11.4. The Hall–Kier alpha value is -4.17. The molecule has 3 aromatic carbocycles. The Balaban J connectivity index is 1.70. The number of carbonyl (C=O) groups is 1. The normalized spacial score (nSPS) is 11.0. The van der Waals surface area contributed by atoms with E-state index in [9.17, 15) is 14.4 Å². The standard InChI is InChI=1S/C27H28N4O4/c1-35-15-7-14-30(23(32)17-20-12-13-21-10-5-6-11-22(21)16-20)24-25(28)31(27(34)29-26(24)33)18-19-8-3-2-4-9-19/h2-6,8-13,16H,7,14-15,17-18,28H2,1H3,(H,29,33,34). The Bertz CT molecular complexity index is 1440. The van der Waals surface area contributed by atoms with Gasteiger partial charge in [0.05, 0.1) is 13.0 Å². The maximum atomic E-state index is 13.5. The van der Waals surface area contributed by atoms with E-state index < -0.39 is 11.2 Å². The summed E-state index contributed by atoms with van der Waals surface area (Å²) in [6.07, 6.45) is 0.575. The SMILES string of the molecule is COCCCN(C(=O)Cc1ccc2ccccc2c1)c1c(N)n(Cc2ccccc2)c(=O)[nH]c1=O. The number of amides is 1. The molecule has 0 unspecified atom stereocenters. The number of H-pyrrole nitrogens is 1. The van der Waals surface area contributed by atoms with Crippen molar-refractivity contribution in [3.63, 3.8) is 0 Å². The molecule has 8 nitrogen and oxygen atoms in total. The maximum Gasteiger partial charge on any atom is 0.330 e. The van der Waals surface area contributed by atoms with Gasteiger partial charge in [-0.25, -0.2) is 4.79 Å². The topological polar surface area (TPSA) is 110 Å². The second-order valence-corrected chi connectivity index (χ2v) is 8.31. The van der Waals surface area contributed by atoms with Crippen molar-refractivity contribution in [2.45, 2.75) is 19.4 Å². The molecule has 0 bridgehead atoms. The number of methoxy groups -OCH3 is 1. The zero-order valence-electron chi connectivity index (χ0n) is 19.6. The molecular weight excluding hydrogens is 444 g/mol. The lowest BCUT2D eigenvalue weighted by Gasteiger charge is -2.25. The minimum atomic E-state index is -0.693. The number of benzene rings is 3. The Morgan fingerprint density at radius 3 is 2.43 bits per heavy atom. The summed E-state index contributed by atoms with van der Waals surface area (Å²) >= 11 is 0. The van der Waals surface area contributed by atoms with E-state index in [1.807, 2.05) is 72.8 Å². The van der Waals surface area contributed by atoms with Crippen molar-refractivity contribution >= 4 is 28.2 Å². The number of nitrogens with one attached hydrogen (secondary N) is 1. The number of ether oxygens (including phenoxy) is 1. The van der Waals surface area contributed by atoms with Gasteiger partial charge in [-0.05, 0) is 28.3 Å². The second-order valence-electron chi connectivity index (χ2n) is 8.31. The van der Waals surface area contributed by atoms with Crippen LogP contribution in [0.3, 0.4) is 0 Å². The molecule has 4 aromatic rings. The molecule has 0 saturated carbocycles. The quantitative estimate of drug-likeness (QED) is 0.364. The van der Waals surface area contributed by atoms with Gasteiger partial charge in [0.15, 0.2) is 5.69 Å². The van der Waals surface area contributed by atoms with E-state index in [4.69, 9.17) is 10.5 Å². The zero-order valence-corrected chi connectivity index (χ0v) is 19.6. The third-order valence-corrected chi connectivity index (χ3v) is 5.87. The fraction of sp³-hybridized carbons (Fsp3) is 0.222. The van der Waals surface area contributed by atoms with E-state index in [2.05, 4.69) is 4.98 Å². The summed E-state index contributed by atoms with van der Waals surface area (Å²) in [5.41, 5.74) is 6.67. The average Bonchev–Trinajstić information content (AvgIpc) is 2.86. The number of nitrogens with zero attached hydrogens (tertiary/aromatic N) is 2. The first-order valence-electron chi connectivity index (χ1n) is 11.4. The van der Waals surface area contributed by atoms with Gasteiger partial charge >= 0.3 is 5.69 Å². The molecule has 0 atom stereocenters. The van der Waals surface area contributed by atoms with Crippen LogP contribution >= 0.6 is 0 Å². The smallest absolute Gasteiger partial charge is 0.330 e. The first kappa shape index (κ1) is 24.0. The Labute approximate surface area is 202 Å². The molecule has 0 radical (unpaired) electrons. The largest absolute Gasteiger partial charge is 0.385 e. The van der Waals surface area contributed by atoms with Crippen LogP contribution in [0.4, 0.5) is 11.5 Å². The molecule has 0 fully saturated rings. The van der Waals surface area contributed by atoms with E-state index in [1.54, 1.807) is 7.11 Å². The molecule has 1 heterocycles. The number of rotatable bonds is 9. The highest BCUT2D eigenvalue weighted by atomic mass is 16.5. The third-order valence-electron chi connectivity index (χ3n) is 5.87. The lowest BCUT2D eigenvalue weighted by Crippen LogP contribution is -2.42. The minimum absolute atomic E-state index is 0.0255. The number of carbonyl (C=O) groups excluding carboxylic acids is 1. The number of aromatic nitrogens is 2. The van der Waals surface area contributed by atoms with E-state index in [1.165, 1.54) is 9.47 Å². The van der Waals surface area contributed by atoms with Crippen molar-refractivity contribution in [3.05, 3.63) is 105 Å². The summed E-state index contributed by atoms with van der Waals surface area (Å²) in [6.45, 7) is 0.790. The average molecular weight is 473 g/mol. The van der Waals surface area contributed by atoms with Gasteiger partial charge in [0, 0.05) is 20.3 Å². The summed E-state index contributed by atoms with van der Waals surface area (Å²) < 4.78 is 6.42. The summed E-state index contributed by atoms with van der Waals surface area (Å²) in [5.74, 6) is -0.342. The molecule has 0 spiro atoms. The molecule has 8 heteroatoms. The monoisotopic (exact) mass is 472 g/mol. The molecule has 0 aliphatic heterocycles. The van der Waals surface area contributed by atoms with Crippen LogP contribution < -0.4 is 21.9 Å². The van der Waals surface area contributed by atoms with Gasteiger partial charge in [-0.2, -0.15) is 0 Å². The van der Waals surface area contributed by atoms with Crippen LogP contribution in [0.1, 0.15) is 17.5 Å². The number of hydrogen-bond acceptors (Lipinski definition) is 5. The van der Waals surface area contributed by atoms with E-state index in [0.717, 1.165) is 21.9 Å². The second kappa shape index (κ2) is 10.8. The Kier molecular flexibility index (Phi) is 7.42. The van der Waals surface area contributed by atoms with Crippen molar-refractivity contribution in [2.75, 3.05) is 30.9 Å². The van der Waals surface area contributed by atoms with Gasteiger partial charge in [0.1, 0.15) is 5.82 Å². The molecular formula is C27H28N4O4. The van der Waals surface area contributed by atoms with Crippen LogP contribution in [-0.2, 0) is 22.5 Å². The van der Waals surface area contributed by atoms with Crippen LogP contribution in [0.5, 0.6) is 0 Å². The Morgan fingerprint density at radius 1 is 0.971 bits per heavy atom. The summed E-state index contributed by atoms with van der Waals surface area (Å²) in [4.78, 5) is 42.7. The number of hydrogen-bond donors (Lipinski definition) is 2. The number of anilines is 2. The molecule has 0 aliphatic rings. The number of nitrogens with two attached hydrogens (primary N) is 1. The highest BCUT2D eigenvalue weighted by Gasteiger charge is 2.24. The van der Waals surface area contributed by atoms with Gasteiger partial charge in [-0.15, -0.1) is 0 Å². The van der Waals surface area contributed by atoms with Gasteiger partial charge in [0.2, 0.25) is 5.91 Å². The summed E-state index contributed by atoms with van der Waals surface area (Å²) in [7, 11) is 1.57. The fourth-order valence-corrected chi connectivity index (χ4v) is 4.11. The predicted octanol–water partition coefficient (Wildman–Crippen LogP) is 2.93. The van der Waals surface area contributed by atoms with Crippen molar-refractivity contribution < 1.29 is 9.53 Å². The molecule has 1 aromatic heterocycles. The molecule has 4 rings (SSSR count). The summed E-state index contributed by atoms with van der Waals surface area (Å²) in [6, 6.07) is 23.0. The van der Waals surface area contributed by atoms with Gasteiger partial charge in [0.25, 0.3) is 5.56 Å². The molecule has 180 valence electrons. The minimum Gasteiger partial charge on any atom is -0.385 e. The highest BCUT2D eigenvalue weighted by molar-refractivity contribution is 5.97. The molecule has 3 N–H and O–H groups in total. The van der Waals surface area contributed by atoms with Crippen molar-refractivity contribution in [1.82, 2.24) is 9.55 Å². The van der Waals surface area contributed by atoms with Gasteiger partial charge < -0.3 is 15.4 Å². The van der Waals surface area contributed by atoms with Gasteiger partial charge in [-0.3, -0.25) is 19.1 Å². The molecule has 1 amide bonds. The maximum absolute atomic E-state index is 13.5. The van der Waals surface area contributed by atoms with Crippen LogP contribution in [0, 0.1) is 0 Å². The van der Waals surface area contributed by atoms with Crippen LogP contribution in [0.2, 0.25) is 0 Å². The number of aromatic amines is 1. The van der Waals surface area contributed by atoms with E-state index in [-0.39, 0.29) is 36.9 Å². The van der Waals surface area contributed by atoms with E-state index in [0.29, 0.717) is 13.0 Å². The number of nitrogen functional groups attached to an aromatic ring is 1. The van der Waals surface area contributed by atoms with Crippen LogP contribution in [-0.4, -0.2) is 35.7 Å². The van der Waals surface area contributed by atoms with Crippen molar-refractivity contribution in [1.29, 1.82) is 0 Å². The zero-order chi connectivity index (χ0) is 24.8. The lowest BCUT2D eigenvalue weighted by atomic mass is 10.0. The Morgan fingerprint density at radius 2 is 1.69 bits per heavy atom. The van der Waals surface area contributed by atoms with Crippen LogP contribution in [0.15, 0.2) is 82.4 Å². The van der Waals surface area contributed by atoms with E-state index >= 15 is 0 Å². The van der Waals surface area contributed by atoms with Crippen LogP contribution in [0.25, 0.3) is 10.8 Å². The third kappa shape index (κ3) is 5.50. The van der Waals surface area contributed by atoms with Crippen molar-refractivity contribution in [2.24, 2.45) is 0 Å². The fourth-order valence-electron chi connectivity index (χ4n) is 4.11. The molecule has 35 heavy (non-hydrogen) atoms.